The van der Waals surface area contributed by atoms with Crippen molar-refractivity contribution in [1.82, 2.24) is 14.8 Å². The van der Waals surface area contributed by atoms with Gasteiger partial charge in [-0.05, 0) is 18.1 Å². The van der Waals surface area contributed by atoms with Crippen molar-refractivity contribution in [3.63, 3.8) is 0 Å². The number of ether oxygens (including phenoxy) is 1. The predicted molar refractivity (Wildman–Crippen MR) is 101 cm³/mol. The summed E-state index contributed by atoms with van der Waals surface area (Å²) in [5.74, 6) is -0.993. The Bertz CT molecular complexity index is 829. The van der Waals surface area contributed by atoms with Gasteiger partial charge in [0.15, 0.2) is 5.82 Å². The average Bonchev–Trinajstić information content (AvgIpc) is 2.75. The van der Waals surface area contributed by atoms with Crippen molar-refractivity contribution in [2.24, 2.45) is 0 Å². The Morgan fingerprint density at radius 3 is 2.64 bits per heavy atom. The highest BCUT2D eigenvalue weighted by Gasteiger charge is 2.47. The van der Waals surface area contributed by atoms with Crippen LogP contribution in [-0.2, 0) is 10.3 Å². The van der Waals surface area contributed by atoms with Gasteiger partial charge in [-0.15, -0.1) is 0 Å². The number of pyridine rings is 1. The summed E-state index contributed by atoms with van der Waals surface area (Å²) in [6.07, 6.45) is 2.86. The Balaban J connectivity index is 1.63. The van der Waals surface area contributed by atoms with Crippen LogP contribution in [-0.4, -0.2) is 71.2 Å². The van der Waals surface area contributed by atoms with Crippen LogP contribution < -0.4 is 0 Å². The zero-order valence-corrected chi connectivity index (χ0v) is 15.6. The Hall–Kier alpha value is -2.35. The molecular weight excluding hydrogens is 361 g/mol. The number of halogens is 1. The molecule has 28 heavy (non-hydrogen) atoms. The minimum Gasteiger partial charge on any atom is -0.383 e. The molecular formula is C21H24FN3O3. The Labute approximate surface area is 163 Å². The maximum Gasteiger partial charge on any atom is 0.257 e. The maximum atomic E-state index is 14.1. The molecule has 0 unspecified atom stereocenters. The second-order valence-corrected chi connectivity index (χ2v) is 7.31. The molecule has 3 heterocycles. The molecule has 0 radical (unpaired) electrons. The highest BCUT2D eigenvalue weighted by atomic mass is 19.1. The van der Waals surface area contributed by atoms with Gasteiger partial charge in [-0.1, -0.05) is 30.3 Å². The van der Waals surface area contributed by atoms with Crippen LogP contribution in [0.15, 0.2) is 48.8 Å². The number of amides is 1. The first kappa shape index (κ1) is 19.0. The number of aromatic nitrogens is 1. The molecule has 2 aromatic rings. The maximum absolute atomic E-state index is 14.1. The number of aliphatic hydroxyl groups is 1. The molecule has 0 spiro atoms. The van der Waals surface area contributed by atoms with Gasteiger partial charge in [-0.2, -0.15) is 0 Å². The van der Waals surface area contributed by atoms with Gasteiger partial charge in [0, 0.05) is 32.4 Å². The summed E-state index contributed by atoms with van der Waals surface area (Å²) in [7, 11) is 0. The van der Waals surface area contributed by atoms with Crippen LogP contribution in [0.1, 0.15) is 22.3 Å². The number of hydrogen-bond donors (Lipinski definition) is 1. The smallest absolute Gasteiger partial charge is 0.257 e. The van der Waals surface area contributed by atoms with Gasteiger partial charge in [-0.3, -0.25) is 14.7 Å². The largest absolute Gasteiger partial charge is 0.383 e. The van der Waals surface area contributed by atoms with Gasteiger partial charge in [0.2, 0.25) is 0 Å². The zero-order chi connectivity index (χ0) is 19.6. The van der Waals surface area contributed by atoms with Crippen LogP contribution >= 0.6 is 0 Å². The molecule has 2 aliphatic heterocycles. The van der Waals surface area contributed by atoms with Crippen molar-refractivity contribution in [3.05, 3.63) is 65.7 Å². The van der Waals surface area contributed by atoms with Crippen molar-refractivity contribution >= 4 is 5.91 Å². The number of carbonyl (C=O) groups is 1. The third-order valence-electron chi connectivity index (χ3n) is 5.76. The SMILES string of the molecule is O=C(c1ccncc1F)N1CC[C@](O)(c2ccccc2)[C@H](N2CCOCC2)C1. The number of carbonyl (C=O) groups excluding carboxylic acids is 1. The number of morpholine rings is 1. The van der Waals surface area contributed by atoms with Crippen LogP contribution in [0.5, 0.6) is 0 Å². The van der Waals surface area contributed by atoms with E-state index in [0.717, 1.165) is 11.8 Å². The molecule has 0 aliphatic carbocycles. The second-order valence-electron chi connectivity index (χ2n) is 7.31. The Morgan fingerprint density at radius 1 is 1.18 bits per heavy atom. The van der Waals surface area contributed by atoms with E-state index in [0.29, 0.717) is 45.8 Å². The van der Waals surface area contributed by atoms with E-state index in [2.05, 4.69) is 9.88 Å². The van der Waals surface area contributed by atoms with Crippen molar-refractivity contribution in [2.45, 2.75) is 18.1 Å². The number of benzene rings is 1. The molecule has 1 aromatic heterocycles. The molecule has 6 nitrogen and oxygen atoms in total. The molecule has 1 amide bonds. The highest BCUT2D eigenvalue weighted by Crippen LogP contribution is 2.36. The predicted octanol–water partition coefficient (Wildman–Crippen LogP) is 1.66. The molecule has 1 aromatic carbocycles. The summed E-state index contributed by atoms with van der Waals surface area (Å²) in [4.78, 5) is 20.5. The van der Waals surface area contributed by atoms with Crippen molar-refractivity contribution < 1.29 is 19.0 Å². The lowest BCUT2D eigenvalue weighted by atomic mass is 9.79. The monoisotopic (exact) mass is 385 g/mol. The lowest BCUT2D eigenvalue weighted by Crippen LogP contribution is -2.63. The summed E-state index contributed by atoms with van der Waals surface area (Å²) in [6, 6.07) is 10.7. The molecule has 2 aliphatic rings. The van der Waals surface area contributed by atoms with E-state index in [1.165, 1.54) is 12.3 Å². The Kier molecular flexibility index (Phi) is 5.39. The average molecular weight is 385 g/mol. The summed E-state index contributed by atoms with van der Waals surface area (Å²) < 4.78 is 19.5. The van der Waals surface area contributed by atoms with E-state index in [-0.39, 0.29) is 17.5 Å². The van der Waals surface area contributed by atoms with E-state index in [4.69, 9.17) is 4.74 Å². The summed E-state index contributed by atoms with van der Waals surface area (Å²) in [5, 5.41) is 11.7. The number of piperidine rings is 1. The molecule has 1 N–H and O–H groups in total. The van der Waals surface area contributed by atoms with Crippen molar-refractivity contribution in [1.29, 1.82) is 0 Å². The Morgan fingerprint density at radius 2 is 1.93 bits per heavy atom. The molecule has 4 rings (SSSR count). The molecule has 2 saturated heterocycles. The minimum absolute atomic E-state index is 0.0147. The van der Waals surface area contributed by atoms with E-state index in [1.807, 2.05) is 30.3 Å². The summed E-state index contributed by atoms with van der Waals surface area (Å²) in [6.45, 7) is 3.23. The number of likely N-dealkylation sites (tertiary alicyclic amines) is 1. The van der Waals surface area contributed by atoms with E-state index in [9.17, 15) is 14.3 Å². The lowest BCUT2D eigenvalue weighted by Gasteiger charge is -2.50. The number of rotatable bonds is 3. The minimum atomic E-state index is -1.08. The first-order valence-corrected chi connectivity index (χ1v) is 9.58. The molecule has 2 fully saturated rings. The van der Waals surface area contributed by atoms with Gasteiger partial charge >= 0.3 is 0 Å². The fraction of sp³-hybridized carbons (Fsp3) is 0.429. The second kappa shape index (κ2) is 7.95. The molecule has 148 valence electrons. The molecule has 2 atom stereocenters. The molecule has 0 saturated carbocycles. The normalized spacial score (nSPS) is 26.2. The standard InChI is InChI=1S/C21H24FN3O3/c22-18-14-23-8-6-17(18)20(26)25-9-7-21(27,16-4-2-1-3-5-16)19(15-25)24-10-12-28-13-11-24/h1-6,8,14,19,27H,7,9-13,15H2/t19-,21+/m1/s1. The van der Waals surface area contributed by atoms with Crippen LogP contribution in [0.3, 0.4) is 0 Å². The first-order chi connectivity index (χ1) is 13.6. The van der Waals surface area contributed by atoms with Crippen molar-refractivity contribution in [2.75, 3.05) is 39.4 Å². The number of nitrogens with zero attached hydrogens (tertiary/aromatic N) is 3. The van der Waals surface area contributed by atoms with E-state index >= 15 is 0 Å². The highest BCUT2D eigenvalue weighted by molar-refractivity contribution is 5.94. The third-order valence-corrected chi connectivity index (χ3v) is 5.76. The summed E-state index contributed by atoms with van der Waals surface area (Å²) >= 11 is 0. The van der Waals surface area contributed by atoms with Gasteiger partial charge < -0.3 is 14.7 Å². The quantitative estimate of drug-likeness (QED) is 0.871. The fourth-order valence-electron chi connectivity index (χ4n) is 4.20. The topological polar surface area (TPSA) is 65.9 Å². The zero-order valence-electron chi connectivity index (χ0n) is 15.6. The van der Waals surface area contributed by atoms with E-state index in [1.54, 1.807) is 4.90 Å². The lowest BCUT2D eigenvalue weighted by molar-refractivity contribution is -0.112. The molecule has 0 bridgehead atoms. The first-order valence-electron chi connectivity index (χ1n) is 9.58. The van der Waals surface area contributed by atoms with Gasteiger partial charge in [0.05, 0.1) is 31.0 Å². The van der Waals surface area contributed by atoms with E-state index < -0.39 is 11.4 Å². The van der Waals surface area contributed by atoms with Crippen LogP contribution in [0, 0.1) is 5.82 Å². The van der Waals surface area contributed by atoms with Gasteiger partial charge in [0.1, 0.15) is 5.60 Å². The third kappa shape index (κ3) is 3.53. The van der Waals surface area contributed by atoms with Crippen molar-refractivity contribution in [3.8, 4) is 0 Å². The summed E-state index contributed by atoms with van der Waals surface area (Å²) in [5.41, 5.74) is -0.221. The van der Waals surface area contributed by atoms with Crippen LogP contribution in [0.4, 0.5) is 4.39 Å². The fourth-order valence-corrected chi connectivity index (χ4v) is 4.20. The van der Waals surface area contributed by atoms with Gasteiger partial charge in [-0.25, -0.2) is 4.39 Å². The van der Waals surface area contributed by atoms with Gasteiger partial charge in [0.25, 0.3) is 5.91 Å². The van der Waals surface area contributed by atoms with Crippen LogP contribution in [0.25, 0.3) is 0 Å². The van der Waals surface area contributed by atoms with Crippen LogP contribution in [0.2, 0.25) is 0 Å². The number of hydrogen-bond acceptors (Lipinski definition) is 5. The molecule has 7 heteroatoms.